The minimum Gasteiger partial charge on any atom is -0.493 e. The van der Waals surface area contributed by atoms with Gasteiger partial charge >= 0.3 is 0 Å². The number of ether oxygens (including phenoxy) is 1. The van der Waals surface area contributed by atoms with Gasteiger partial charge in [0.1, 0.15) is 11.3 Å². The number of carbonyl (C=O) groups is 1. The van der Waals surface area contributed by atoms with E-state index in [4.69, 9.17) is 4.74 Å². The Labute approximate surface area is 134 Å². The average molecular weight is 312 g/mol. The van der Waals surface area contributed by atoms with Gasteiger partial charge in [-0.05, 0) is 42.7 Å². The zero-order valence-electron chi connectivity index (χ0n) is 13.3. The third-order valence-corrected chi connectivity index (χ3v) is 4.04. The molecule has 1 N–H and O–H groups in total. The Bertz CT molecular complexity index is 795. The first-order valence-electron chi connectivity index (χ1n) is 7.75. The number of rotatable bonds is 4. The third kappa shape index (κ3) is 3.28. The summed E-state index contributed by atoms with van der Waals surface area (Å²) < 4.78 is 6.90. The topological polar surface area (TPSA) is 60.3 Å². The quantitative estimate of drug-likeness (QED) is 0.934. The second kappa shape index (κ2) is 6.28. The summed E-state index contributed by atoms with van der Waals surface area (Å²) in [6.07, 6.45) is 3.28. The van der Waals surface area contributed by atoms with Crippen LogP contribution >= 0.6 is 0 Å². The molecule has 0 spiro atoms. The number of nitrogens with one attached hydrogen (secondary N) is 1. The van der Waals surface area contributed by atoms with Gasteiger partial charge in [0.2, 0.25) is 0 Å². The molecule has 2 heterocycles. The van der Waals surface area contributed by atoms with Crippen LogP contribution in [0.15, 0.2) is 41.3 Å². The van der Waals surface area contributed by atoms with Crippen molar-refractivity contribution in [3.8, 4) is 5.75 Å². The van der Waals surface area contributed by atoms with Crippen molar-refractivity contribution in [3.05, 3.63) is 63.6 Å². The Kier molecular flexibility index (Phi) is 4.19. The van der Waals surface area contributed by atoms with Crippen molar-refractivity contribution in [2.24, 2.45) is 7.05 Å². The fourth-order valence-electron chi connectivity index (χ4n) is 2.84. The van der Waals surface area contributed by atoms with Crippen LogP contribution in [0.5, 0.6) is 5.75 Å². The number of benzene rings is 1. The highest BCUT2D eigenvalue weighted by Crippen LogP contribution is 2.26. The molecule has 1 amide bonds. The van der Waals surface area contributed by atoms with Crippen LogP contribution in [0.1, 0.15) is 28.4 Å². The van der Waals surface area contributed by atoms with Crippen molar-refractivity contribution in [1.82, 2.24) is 9.88 Å². The fourth-order valence-corrected chi connectivity index (χ4v) is 2.84. The van der Waals surface area contributed by atoms with Gasteiger partial charge in [0.15, 0.2) is 0 Å². The highest BCUT2D eigenvalue weighted by Gasteiger charge is 2.16. The van der Waals surface area contributed by atoms with Gasteiger partial charge in [0.25, 0.3) is 11.5 Å². The van der Waals surface area contributed by atoms with E-state index in [1.807, 2.05) is 19.1 Å². The van der Waals surface area contributed by atoms with Crippen LogP contribution in [0.25, 0.3) is 0 Å². The number of hydrogen-bond donors (Lipinski definition) is 1. The lowest BCUT2D eigenvalue weighted by molar-refractivity contribution is 0.0938. The Hall–Kier alpha value is -2.56. The SMILES string of the molecule is CC(Cc1ccc2c(c1)CCO2)NC(=O)c1cccn(C)c1=O. The molecule has 0 radical (unpaired) electrons. The first-order valence-corrected chi connectivity index (χ1v) is 7.75. The maximum absolute atomic E-state index is 12.3. The zero-order chi connectivity index (χ0) is 16.4. The standard InChI is InChI=1S/C18H20N2O3/c1-12(10-13-5-6-16-14(11-13)7-9-23-16)19-17(21)15-4-3-8-20(2)18(15)22/h3-6,8,11-12H,7,9-10H2,1-2H3,(H,19,21). The van der Waals surface area contributed by atoms with Crippen molar-refractivity contribution < 1.29 is 9.53 Å². The molecule has 0 fully saturated rings. The molecular formula is C18H20N2O3. The normalized spacial score (nSPS) is 14.0. The van der Waals surface area contributed by atoms with E-state index in [-0.39, 0.29) is 23.1 Å². The predicted molar refractivity (Wildman–Crippen MR) is 88.0 cm³/mol. The molecule has 5 heteroatoms. The zero-order valence-corrected chi connectivity index (χ0v) is 13.3. The number of pyridine rings is 1. The van der Waals surface area contributed by atoms with Crippen LogP contribution in [0.3, 0.4) is 0 Å². The minimum absolute atomic E-state index is 0.0622. The smallest absolute Gasteiger partial charge is 0.263 e. The molecule has 1 aromatic heterocycles. The van der Waals surface area contributed by atoms with E-state index in [1.54, 1.807) is 25.4 Å². The molecule has 0 saturated carbocycles. The maximum Gasteiger partial charge on any atom is 0.263 e. The number of hydrogen-bond acceptors (Lipinski definition) is 3. The summed E-state index contributed by atoms with van der Waals surface area (Å²) in [6.45, 7) is 2.68. The molecule has 1 unspecified atom stereocenters. The van der Waals surface area contributed by atoms with E-state index in [0.29, 0.717) is 6.42 Å². The van der Waals surface area contributed by atoms with E-state index in [0.717, 1.165) is 24.3 Å². The van der Waals surface area contributed by atoms with Crippen molar-refractivity contribution in [2.75, 3.05) is 6.61 Å². The van der Waals surface area contributed by atoms with Gasteiger partial charge in [-0.2, -0.15) is 0 Å². The molecule has 0 saturated heterocycles. The van der Waals surface area contributed by atoms with Crippen LogP contribution in [-0.4, -0.2) is 23.1 Å². The Morgan fingerprint density at radius 3 is 3.04 bits per heavy atom. The first kappa shape index (κ1) is 15.3. The van der Waals surface area contributed by atoms with Gasteiger partial charge in [0.05, 0.1) is 6.61 Å². The maximum atomic E-state index is 12.3. The largest absolute Gasteiger partial charge is 0.493 e. The molecule has 23 heavy (non-hydrogen) atoms. The molecule has 0 bridgehead atoms. The van der Waals surface area contributed by atoms with Crippen molar-refractivity contribution >= 4 is 5.91 Å². The summed E-state index contributed by atoms with van der Waals surface area (Å²) >= 11 is 0. The van der Waals surface area contributed by atoms with Gasteiger partial charge in [-0.1, -0.05) is 12.1 Å². The van der Waals surface area contributed by atoms with Gasteiger partial charge in [-0.25, -0.2) is 0 Å². The highest BCUT2D eigenvalue weighted by atomic mass is 16.5. The minimum atomic E-state index is -0.330. The Morgan fingerprint density at radius 1 is 1.39 bits per heavy atom. The number of fused-ring (bicyclic) bond motifs is 1. The van der Waals surface area contributed by atoms with Gasteiger partial charge in [0, 0.05) is 25.7 Å². The summed E-state index contributed by atoms with van der Waals surface area (Å²) in [5, 5.41) is 2.90. The number of carbonyl (C=O) groups excluding carboxylic acids is 1. The fraction of sp³-hybridized carbons (Fsp3) is 0.333. The summed E-state index contributed by atoms with van der Waals surface area (Å²) in [7, 11) is 1.63. The van der Waals surface area contributed by atoms with E-state index < -0.39 is 0 Å². The van der Waals surface area contributed by atoms with E-state index >= 15 is 0 Å². The third-order valence-electron chi connectivity index (χ3n) is 4.04. The second-order valence-electron chi connectivity index (χ2n) is 5.96. The van der Waals surface area contributed by atoms with Gasteiger partial charge < -0.3 is 14.6 Å². The Balaban J connectivity index is 1.67. The molecule has 120 valence electrons. The highest BCUT2D eigenvalue weighted by molar-refractivity contribution is 5.93. The lowest BCUT2D eigenvalue weighted by Gasteiger charge is -2.14. The number of amides is 1. The molecule has 0 aliphatic carbocycles. The van der Waals surface area contributed by atoms with Crippen LogP contribution in [0.2, 0.25) is 0 Å². The molecule has 2 aromatic rings. The molecule has 5 nitrogen and oxygen atoms in total. The summed E-state index contributed by atoms with van der Waals surface area (Å²) in [5.74, 6) is 0.626. The number of nitrogens with zero attached hydrogens (tertiary/aromatic N) is 1. The summed E-state index contributed by atoms with van der Waals surface area (Å²) in [5.41, 5.74) is 2.26. The van der Waals surface area contributed by atoms with Crippen LogP contribution in [-0.2, 0) is 19.9 Å². The second-order valence-corrected chi connectivity index (χ2v) is 5.96. The van der Waals surface area contributed by atoms with Crippen molar-refractivity contribution in [1.29, 1.82) is 0 Å². The van der Waals surface area contributed by atoms with E-state index in [2.05, 4.69) is 11.4 Å². The molecule has 1 aromatic carbocycles. The average Bonchev–Trinajstić information content (AvgIpc) is 2.97. The lowest BCUT2D eigenvalue weighted by atomic mass is 10.0. The molecular weight excluding hydrogens is 292 g/mol. The van der Waals surface area contributed by atoms with Crippen LogP contribution in [0.4, 0.5) is 0 Å². The summed E-state index contributed by atoms with van der Waals surface area (Å²) in [4.78, 5) is 24.2. The van der Waals surface area contributed by atoms with E-state index in [1.165, 1.54) is 10.1 Å². The van der Waals surface area contributed by atoms with Crippen molar-refractivity contribution in [3.63, 3.8) is 0 Å². The molecule has 1 aliphatic rings. The van der Waals surface area contributed by atoms with Crippen LogP contribution < -0.4 is 15.6 Å². The van der Waals surface area contributed by atoms with Gasteiger partial charge in [-0.3, -0.25) is 9.59 Å². The molecule has 1 aliphatic heterocycles. The first-order chi connectivity index (χ1) is 11.0. The van der Waals surface area contributed by atoms with E-state index in [9.17, 15) is 9.59 Å². The lowest BCUT2D eigenvalue weighted by Crippen LogP contribution is -2.38. The van der Waals surface area contributed by atoms with Crippen LogP contribution in [0, 0.1) is 0 Å². The monoisotopic (exact) mass is 312 g/mol. The Morgan fingerprint density at radius 2 is 2.22 bits per heavy atom. The summed E-state index contributed by atoms with van der Waals surface area (Å²) in [6, 6.07) is 9.33. The molecule has 3 rings (SSSR count). The number of aryl methyl sites for hydroxylation is 1. The molecule has 1 atom stereocenters. The van der Waals surface area contributed by atoms with Gasteiger partial charge in [-0.15, -0.1) is 0 Å². The number of aromatic nitrogens is 1. The van der Waals surface area contributed by atoms with Crippen molar-refractivity contribution in [2.45, 2.75) is 25.8 Å². The predicted octanol–water partition coefficient (Wildman–Crippen LogP) is 1.68.